The zero-order valence-electron chi connectivity index (χ0n) is 21.4. The van der Waals surface area contributed by atoms with E-state index in [0.29, 0.717) is 24.2 Å². The van der Waals surface area contributed by atoms with E-state index >= 15 is 0 Å². The van der Waals surface area contributed by atoms with Crippen LogP contribution >= 0.6 is 0 Å². The Morgan fingerprint density at radius 2 is 1.94 bits per heavy atom. The number of rotatable bonds is 7. The van der Waals surface area contributed by atoms with E-state index in [0.717, 1.165) is 24.0 Å². The molecule has 3 atom stereocenters. The predicted molar refractivity (Wildman–Crippen MR) is 138 cm³/mol. The van der Waals surface area contributed by atoms with Crippen molar-refractivity contribution < 1.29 is 19.4 Å². The molecule has 2 aromatic rings. The summed E-state index contributed by atoms with van der Waals surface area (Å²) >= 11 is 0. The number of fused-ring (bicyclic) bond motifs is 1. The third-order valence-electron chi connectivity index (χ3n) is 7.62. The summed E-state index contributed by atoms with van der Waals surface area (Å²) in [5.74, 6) is 0.326. The monoisotopic (exact) mass is 492 g/mol. The fourth-order valence-corrected chi connectivity index (χ4v) is 5.26. The molecule has 1 unspecified atom stereocenters. The summed E-state index contributed by atoms with van der Waals surface area (Å²) in [5.41, 5.74) is 0.260. The van der Waals surface area contributed by atoms with Crippen molar-refractivity contribution >= 4 is 17.8 Å². The van der Waals surface area contributed by atoms with Crippen LogP contribution in [-0.2, 0) is 4.79 Å². The molecule has 4 rings (SSSR count). The first-order valence-electron chi connectivity index (χ1n) is 12.7. The van der Waals surface area contributed by atoms with Crippen LogP contribution in [0.15, 0.2) is 48.5 Å². The zero-order chi connectivity index (χ0) is 26.1. The zero-order valence-corrected chi connectivity index (χ0v) is 21.4. The number of nitrogens with zero attached hydrogens (tertiary/aromatic N) is 1. The van der Waals surface area contributed by atoms with Gasteiger partial charge in [-0.15, -0.1) is 0 Å². The maximum atomic E-state index is 13.3. The quantitative estimate of drug-likeness (QED) is 0.465. The minimum Gasteiger partial charge on any atom is -0.490 e. The van der Waals surface area contributed by atoms with E-state index in [4.69, 9.17) is 10.1 Å². The Kier molecular flexibility index (Phi) is 7.09. The van der Waals surface area contributed by atoms with Crippen molar-refractivity contribution in [1.82, 2.24) is 15.5 Å². The predicted octanol–water partition coefficient (Wildman–Crippen LogP) is 4.07. The Labute approximate surface area is 212 Å². The van der Waals surface area contributed by atoms with Crippen LogP contribution in [0.2, 0.25) is 0 Å². The van der Waals surface area contributed by atoms with Gasteiger partial charge in [-0.25, -0.2) is 0 Å². The SMILES string of the molecule is CC[C@H](c1cccc(C(=O)N[C@@H]2c3ccccc3OCC2(C)O)c1)N1C(=N)NC(CC)(CC)CC1=O. The van der Waals surface area contributed by atoms with Gasteiger partial charge in [0.15, 0.2) is 5.96 Å². The topological polar surface area (TPSA) is 115 Å². The van der Waals surface area contributed by atoms with Gasteiger partial charge < -0.3 is 20.5 Å². The van der Waals surface area contributed by atoms with Crippen molar-refractivity contribution in [3.8, 4) is 5.75 Å². The average molecular weight is 493 g/mol. The summed E-state index contributed by atoms with van der Waals surface area (Å²) in [5, 5.41) is 25.8. The summed E-state index contributed by atoms with van der Waals surface area (Å²) in [4.78, 5) is 28.1. The smallest absolute Gasteiger partial charge is 0.251 e. The minimum atomic E-state index is -1.28. The number of hydrogen-bond acceptors (Lipinski definition) is 5. The lowest BCUT2D eigenvalue weighted by atomic mass is 9.86. The molecule has 8 heteroatoms. The summed E-state index contributed by atoms with van der Waals surface area (Å²) in [7, 11) is 0. The third kappa shape index (κ3) is 4.69. The van der Waals surface area contributed by atoms with Crippen LogP contribution in [0, 0.1) is 5.41 Å². The highest BCUT2D eigenvalue weighted by Crippen LogP contribution is 2.38. The van der Waals surface area contributed by atoms with Gasteiger partial charge in [-0.1, -0.05) is 51.1 Å². The number of benzene rings is 2. The number of para-hydroxylation sites is 1. The molecule has 0 saturated carbocycles. The number of guanidine groups is 1. The van der Waals surface area contributed by atoms with Crippen molar-refractivity contribution in [3.05, 3.63) is 65.2 Å². The molecule has 1 fully saturated rings. The number of amides is 2. The molecule has 0 radical (unpaired) electrons. The van der Waals surface area contributed by atoms with Crippen molar-refractivity contribution in [2.24, 2.45) is 0 Å². The fourth-order valence-electron chi connectivity index (χ4n) is 5.26. The van der Waals surface area contributed by atoms with E-state index in [1.54, 1.807) is 25.1 Å². The molecule has 0 spiro atoms. The Hall–Kier alpha value is -3.39. The maximum absolute atomic E-state index is 13.3. The number of aliphatic hydroxyl groups is 1. The molecular formula is C28H36N4O4. The lowest BCUT2D eigenvalue weighted by molar-refractivity contribution is -0.132. The van der Waals surface area contributed by atoms with Gasteiger partial charge in [0, 0.05) is 16.7 Å². The second-order valence-corrected chi connectivity index (χ2v) is 10.0. The van der Waals surface area contributed by atoms with E-state index in [2.05, 4.69) is 10.6 Å². The second kappa shape index (κ2) is 9.93. The van der Waals surface area contributed by atoms with E-state index < -0.39 is 11.6 Å². The molecular weight excluding hydrogens is 456 g/mol. The molecule has 8 nitrogen and oxygen atoms in total. The van der Waals surface area contributed by atoms with Crippen LogP contribution in [0.25, 0.3) is 0 Å². The van der Waals surface area contributed by atoms with Crippen molar-refractivity contribution in [2.75, 3.05) is 6.61 Å². The van der Waals surface area contributed by atoms with E-state index in [-0.39, 0.29) is 36.0 Å². The molecule has 1 saturated heterocycles. The normalized spacial score (nSPS) is 23.8. The van der Waals surface area contributed by atoms with Gasteiger partial charge in [-0.2, -0.15) is 0 Å². The molecule has 2 aliphatic rings. The summed E-state index contributed by atoms with van der Waals surface area (Å²) < 4.78 is 5.67. The molecule has 4 N–H and O–H groups in total. The number of hydrogen-bond donors (Lipinski definition) is 4. The standard InChI is InChI=1S/C28H36N4O4/c1-5-21(32-23(33)16-28(6-2,7-3)31-26(32)29)18-11-10-12-19(15-18)25(34)30-24-20-13-8-9-14-22(20)36-17-27(24,4)35/h8-15,21,24,35H,5-7,16-17H2,1-4H3,(H2,29,31)(H,30,34)/t21-,24-,27?/m1/s1. The molecule has 2 amide bonds. The number of carbonyl (C=O) groups is 2. The Bertz CT molecular complexity index is 1140. The van der Waals surface area contributed by atoms with Gasteiger partial charge in [0.1, 0.15) is 18.0 Å². The fraction of sp³-hybridized carbons (Fsp3) is 0.464. The molecule has 36 heavy (non-hydrogen) atoms. The van der Waals surface area contributed by atoms with Crippen LogP contribution in [-0.4, -0.2) is 45.5 Å². The molecule has 0 aliphatic carbocycles. The van der Waals surface area contributed by atoms with Crippen LogP contribution in [0.5, 0.6) is 5.75 Å². The van der Waals surface area contributed by atoms with Gasteiger partial charge in [-0.05, 0) is 49.9 Å². The maximum Gasteiger partial charge on any atom is 0.251 e. The second-order valence-electron chi connectivity index (χ2n) is 10.0. The molecule has 0 aromatic heterocycles. The highest BCUT2D eigenvalue weighted by molar-refractivity contribution is 6.00. The van der Waals surface area contributed by atoms with Crippen molar-refractivity contribution in [3.63, 3.8) is 0 Å². The lowest BCUT2D eigenvalue weighted by Crippen LogP contribution is -2.62. The Morgan fingerprint density at radius 1 is 1.22 bits per heavy atom. The molecule has 2 heterocycles. The summed E-state index contributed by atoms with van der Waals surface area (Å²) in [6.07, 6.45) is 2.44. The van der Waals surface area contributed by atoms with E-state index in [9.17, 15) is 14.7 Å². The Morgan fingerprint density at radius 3 is 2.61 bits per heavy atom. The number of ether oxygens (including phenoxy) is 1. The number of carbonyl (C=O) groups excluding carboxylic acids is 2. The average Bonchev–Trinajstić information content (AvgIpc) is 2.87. The van der Waals surface area contributed by atoms with Crippen LogP contribution in [0.3, 0.4) is 0 Å². The highest BCUT2D eigenvalue weighted by Gasteiger charge is 2.42. The molecule has 0 bridgehead atoms. The number of nitrogens with one attached hydrogen (secondary N) is 3. The van der Waals surface area contributed by atoms with Gasteiger partial charge in [0.05, 0.1) is 18.5 Å². The van der Waals surface area contributed by atoms with Crippen LogP contribution in [0.4, 0.5) is 0 Å². The summed E-state index contributed by atoms with van der Waals surface area (Å²) in [6, 6.07) is 13.5. The van der Waals surface area contributed by atoms with Crippen molar-refractivity contribution in [1.29, 1.82) is 5.41 Å². The molecule has 192 valence electrons. The van der Waals surface area contributed by atoms with Crippen LogP contribution < -0.4 is 15.4 Å². The van der Waals surface area contributed by atoms with Crippen molar-refractivity contribution in [2.45, 2.75) is 76.6 Å². The Balaban J connectivity index is 1.58. The largest absolute Gasteiger partial charge is 0.490 e. The van der Waals surface area contributed by atoms with E-state index in [1.807, 2.05) is 51.1 Å². The first-order chi connectivity index (χ1) is 17.1. The highest BCUT2D eigenvalue weighted by atomic mass is 16.5. The lowest BCUT2D eigenvalue weighted by Gasteiger charge is -2.44. The van der Waals surface area contributed by atoms with Gasteiger partial charge in [0.25, 0.3) is 5.91 Å². The molecule has 2 aliphatic heterocycles. The van der Waals surface area contributed by atoms with Gasteiger partial charge in [0.2, 0.25) is 5.91 Å². The third-order valence-corrected chi connectivity index (χ3v) is 7.62. The molecule has 2 aromatic carbocycles. The van der Waals surface area contributed by atoms with Gasteiger partial charge >= 0.3 is 0 Å². The summed E-state index contributed by atoms with van der Waals surface area (Å²) in [6.45, 7) is 7.73. The first kappa shape index (κ1) is 25.7. The first-order valence-corrected chi connectivity index (χ1v) is 12.7. The van der Waals surface area contributed by atoms with E-state index in [1.165, 1.54) is 4.90 Å². The minimum absolute atomic E-state index is 0.0656. The van der Waals surface area contributed by atoms with Gasteiger partial charge in [-0.3, -0.25) is 19.9 Å². The van der Waals surface area contributed by atoms with Crippen LogP contribution in [0.1, 0.15) is 86.9 Å².